The molecule has 9 aromatic rings. The summed E-state index contributed by atoms with van der Waals surface area (Å²) in [4.78, 5) is 30.8. The number of hydrogen-bond acceptors (Lipinski definition) is 16. The minimum absolute atomic E-state index is 0. The number of aromatic nitrogens is 8. The Kier molecular flexibility index (Phi) is 21.7. The van der Waals surface area contributed by atoms with Crippen LogP contribution in [0.15, 0.2) is 97.6 Å². The van der Waals surface area contributed by atoms with Crippen molar-refractivity contribution in [2.45, 2.75) is 128 Å². The molecule has 0 bridgehead atoms. The molecule has 78 heavy (non-hydrogen) atoms. The maximum absolute atomic E-state index is 8.54. The predicted molar refractivity (Wildman–Crippen MR) is 323 cm³/mol. The molecule has 16 nitrogen and oxygen atoms in total. The van der Waals surface area contributed by atoms with E-state index in [0.29, 0.717) is 52.2 Å². The van der Waals surface area contributed by atoms with Crippen LogP contribution in [0.1, 0.15) is 102 Å². The molecule has 2 aliphatic rings. The van der Waals surface area contributed by atoms with Crippen LogP contribution >= 0.6 is 68.8 Å². The van der Waals surface area contributed by atoms with Crippen LogP contribution in [0.2, 0.25) is 13.0 Å². The van der Waals surface area contributed by atoms with Gasteiger partial charge in [0, 0.05) is 102 Å². The van der Waals surface area contributed by atoms with Gasteiger partial charge in [-0.15, -0.1) is 40.1 Å². The van der Waals surface area contributed by atoms with Gasteiger partial charge < -0.3 is 51.9 Å². The van der Waals surface area contributed by atoms with Crippen molar-refractivity contribution in [1.82, 2.24) is 39.0 Å². The molecule has 7 aromatic heterocycles. The van der Waals surface area contributed by atoms with Gasteiger partial charge in [-0.3, -0.25) is 0 Å². The average molecular weight is 1380 g/mol. The number of nitrogens with zero attached hydrogens (tertiary/aromatic N) is 8. The Morgan fingerprint density at radius 1 is 0.590 bits per heavy atom. The summed E-state index contributed by atoms with van der Waals surface area (Å²) in [6.45, 7) is 9.80. The number of thiophene rings is 3. The maximum atomic E-state index is 8.54. The van der Waals surface area contributed by atoms with Gasteiger partial charge in [-0.2, -0.15) is 19.9 Å². The largest absolute Gasteiger partial charge is 0.675 e. The summed E-state index contributed by atoms with van der Waals surface area (Å²) in [5.41, 5.74) is 21.9. The van der Waals surface area contributed by atoms with E-state index >= 15 is 0 Å². The summed E-state index contributed by atoms with van der Waals surface area (Å²) >= 11 is 22.0. The van der Waals surface area contributed by atoms with Crippen molar-refractivity contribution >= 4 is 127 Å². The van der Waals surface area contributed by atoms with Gasteiger partial charge in [-0.25, -0.2) is 9.97 Å². The smallest absolute Gasteiger partial charge is 0.499 e. The summed E-state index contributed by atoms with van der Waals surface area (Å²) < 4.78 is 6.81. The average Bonchev–Trinajstić information content (AvgIpc) is 4.31. The number of fused-ring (bicyclic) bond motifs is 2. The Balaban J connectivity index is 0.000000175. The van der Waals surface area contributed by atoms with Crippen LogP contribution in [0.3, 0.4) is 0 Å². The normalized spacial score (nSPS) is 17.2. The maximum Gasteiger partial charge on any atom is 0.499 e. The van der Waals surface area contributed by atoms with Crippen molar-refractivity contribution in [1.29, 1.82) is 0 Å². The summed E-state index contributed by atoms with van der Waals surface area (Å²) in [6, 6.07) is 29.7. The van der Waals surface area contributed by atoms with E-state index in [2.05, 4.69) is 123 Å². The molecule has 0 unspecified atom stereocenters. The van der Waals surface area contributed by atoms with Crippen molar-refractivity contribution in [3.8, 4) is 20.9 Å². The van der Waals surface area contributed by atoms with Gasteiger partial charge in [0.05, 0.1) is 25.7 Å². The number of benzene rings is 2. The van der Waals surface area contributed by atoms with E-state index < -0.39 is 7.12 Å². The summed E-state index contributed by atoms with van der Waals surface area (Å²) in [5, 5.41) is 31.1. The first-order valence-electron chi connectivity index (χ1n) is 25.9. The second-order valence-electron chi connectivity index (χ2n) is 19.9. The van der Waals surface area contributed by atoms with Crippen LogP contribution in [-0.2, 0) is 13.1 Å². The number of nitrogens with two attached hydrogens (primary N) is 1. The van der Waals surface area contributed by atoms with E-state index in [1.54, 1.807) is 34.8 Å². The Hall–Kier alpha value is -3.94. The fraction of sp³-hybridized carbons (Fsp3) is 0.370. The zero-order chi connectivity index (χ0) is 54.2. The minimum Gasteiger partial charge on any atom is -0.675 e. The quantitative estimate of drug-likeness (QED) is 0.0475. The van der Waals surface area contributed by atoms with Gasteiger partial charge in [-0.1, -0.05) is 102 Å². The standard InChI is InChI=1S/C25H30ClN7S.C25H29ClN7S.C4H4BClO2S.Ac/c2*1-15(2)33-14-29-22-23(31-25(32-24(22)33)30-19-9-7-18(27)8-10-19)28-13-16-3-5-17(6-4-16)20-11-12-21(26)34-20;6-4-2-1-3(9-4)5(7)8;/h3-6,11-12,14-15,18-19H,7-10,13,27H2,1-2H3,(H2,28,30,31,32);3-6,11-12,14-15,18-19,27H,7-10,13H2,1-2H3,(H2,28,30,31,32);1-2,7-8H;/q;-1;;. The monoisotopic (exact) mass is 1380 g/mol. The molecule has 7 heterocycles. The van der Waals surface area contributed by atoms with Crippen LogP contribution in [0, 0.1) is 44.1 Å². The van der Waals surface area contributed by atoms with E-state index in [9.17, 15) is 0 Å². The molecule has 407 valence electrons. The first kappa shape index (κ1) is 60.2. The van der Waals surface area contributed by atoms with Crippen molar-refractivity contribution in [2.75, 3.05) is 21.3 Å². The van der Waals surface area contributed by atoms with Crippen LogP contribution in [0.5, 0.6) is 0 Å². The molecule has 2 fully saturated rings. The van der Waals surface area contributed by atoms with Crippen molar-refractivity contribution in [3.05, 3.63) is 127 Å². The molecule has 11 rings (SSSR count). The first-order valence-corrected chi connectivity index (χ1v) is 29.5. The fourth-order valence-electron chi connectivity index (χ4n) is 9.18. The van der Waals surface area contributed by atoms with Gasteiger partial charge in [0.1, 0.15) is 0 Å². The van der Waals surface area contributed by atoms with Crippen LogP contribution < -0.4 is 31.8 Å². The summed E-state index contributed by atoms with van der Waals surface area (Å²) in [7, 11) is -1.39. The van der Waals surface area contributed by atoms with E-state index in [1.165, 1.54) is 10.4 Å². The van der Waals surface area contributed by atoms with E-state index in [4.69, 9.17) is 76.3 Å². The van der Waals surface area contributed by atoms with Gasteiger partial charge in [-0.05, 0) is 119 Å². The fourth-order valence-corrected chi connectivity index (χ4v) is 12.2. The molecule has 2 aliphatic carbocycles. The molecule has 0 atom stereocenters. The second-order valence-corrected chi connectivity index (χ2v) is 25.1. The number of anilines is 4. The predicted octanol–water partition coefficient (Wildman–Crippen LogP) is 13.3. The third kappa shape index (κ3) is 15.9. The third-order valence-electron chi connectivity index (χ3n) is 13.5. The number of hydrogen-bond donors (Lipinski definition) is 7. The molecule has 9 N–H and O–H groups in total. The van der Waals surface area contributed by atoms with Gasteiger partial charge in [0.2, 0.25) is 11.9 Å². The topological polar surface area (TPSA) is 226 Å². The molecule has 1 radical (unpaired) electrons. The van der Waals surface area contributed by atoms with Gasteiger partial charge in [0.15, 0.2) is 34.0 Å². The van der Waals surface area contributed by atoms with Crippen molar-refractivity contribution in [3.63, 3.8) is 0 Å². The van der Waals surface area contributed by atoms with Gasteiger partial charge in [0.25, 0.3) is 0 Å². The first-order chi connectivity index (χ1) is 37.1. The zero-order valence-electron chi connectivity index (χ0n) is 43.8. The van der Waals surface area contributed by atoms with Crippen LogP contribution in [0.25, 0.3) is 48.9 Å². The molecular weight excluding hydrogens is 1320 g/mol. The van der Waals surface area contributed by atoms with Crippen LogP contribution in [0.4, 0.5) is 23.5 Å². The molecule has 2 saturated carbocycles. The molecule has 24 heteroatoms. The molecular formula is C54H63AcBCl3N14O2S3-. The van der Waals surface area contributed by atoms with E-state index in [0.717, 1.165) is 127 Å². The summed E-state index contributed by atoms with van der Waals surface area (Å²) in [5.74, 6) is 2.74. The Labute approximate surface area is 518 Å². The number of imidazole rings is 2. The Morgan fingerprint density at radius 3 is 1.36 bits per heavy atom. The van der Waals surface area contributed by atoms with Crippen molar-refractivity contribution in [2.24, 2.45) is 5.73 Å². The van der Waals surface area contributed by atoms with E-state index in [-0.39, 0.29) is 62.2 Å². The molecule has 2 aromatic carbocycles. The minimum atomic E-state index is -1.39. The van der Waals surface area contributed by atoms with E-state index in [1.807, 2.05) is 30.9 Å². The Morgan fingerprint density at radius 2 is 1.00 bits per heavy atom. The number of halogens is 3. The molecule has 0 saturated heterocycles. The second kappa shape index (κ2) is 28.2. The molecule has 0 amide bonds. The van der Waals surface area contributed by atoms with Crippen LogP contribution in [-0.4, -0.2) is 80.4 Å². The SMILES string of the molecule is CC(C)n1cnc2c(NCc3ccc(-c4ccc(Cl)s4)cc3)nc(NC3CCC(N)CC3)nc21.CC(C)n1cnc2c(NCc3ccc(-c4ccc(Cl)s4)cc3)nc(NC3CCC([NH-])CC3)nc21.OB(O)c1ccc(Cl)s1.[Ac]. The zero-order valence-corrected chi connectivity index (χ0v) is 53.3. The van der Waals surface area contributed by atoms with Gasteiger partial charge >= 0.3 is 7.12 Å². The Bertz CT molecular complexity index is 3140. The molecule has 0 aliphatic heterocycles. The third-order valence-corrected chi connectivity index (χ3v) is 17.3. The number of rotatable bonds is 15. The number of nitrogens with one attached hydrogen (secondary N) is 5. The molecule has 0 spiro atoms. The van der Waals surface area contributed by atoms with Crippen molar-refractivity contribution < 1.29 is 54.1 Å². The summed E-state index contributed by atoms with van der Waals surface area (Å²) in [6.07, 6.45) is 11.6.